The molecule has 0 aliphatic heterocycles. The van der Waals surface area contributed by atoms with Gasteiger partial charge in [0.2, 0.25) is 0 Å². The van der Waals surface area contributed by atoms with Gasteiger partial charge in [0.05, 0.1) is 12.2 Å². The molecule has 1 rings (SSSR count). The van der Waals surface area contributed by atoms with Crippen LogP contribution in [0.25, 0.3) is 0 Å². The van der Waals surface area contributed by atoms with E-state index in [1.165, 1.54) is 0 Å². The van der Waals surface area contributed by atoms with E-state index in [0.717, 1.165) is 18.5 Å². The van der Waals surface area contributed by atoms with E-state index in [4.69, 9.17) is 4.74 Å². The van der Waals surface area contributed by atoms with Gasteiger partial charge < -0.3 is 10.1 Å². The second-order valence-corrected chi connectivity index (χ2v) is 4.29. The second-order valence-electron chi connectivity index (χ2n) is 4.29. The summed E-state index contributed by atoms with van der Waals surface area (Å²) >= 11 is 0. The van der Waals surface area contributed by atoms with Crippen molar-refractivity contribution in [3.05, 3.63) is 29.8 Å². The summed E-state index contributed by atoms with van der Waals surface area (Å²) in [5.41, 5.74) is 1.40. The second kappa shape index (κ2) is 6.94. The molecule has 1 aromatic rings. The van der Waals surface area contributed by atoms with Crippen molar-refractivity contribution in [2.45, 2.75) is 26.7 Å². The van der Waals surface area contributed by atoms with E-state index in [-0.39, 0.29) is 5.97 Å². The lowest BCUT2D eigenvalue weighted by atomic mass is 10.1. The minimum absolute atomic E-state index is 0.252. The molecule has 1 aromatic carbocycles. The predicted octanol–water partition coefficient (Wildman–Crippen LogP) is 3.32. The maximum absolute atomic E-state index is 11.9. The number of ether oxygens (including phenoxy) is 1. The zero-order valence-corrected chi connectivity index (χ0v) is 10.8. The third kappa shape index (κ3) is 4.10. The smallest absolute Gasteiger partial charge is 0.340 e. The van der Waals surface area contributed by atoms with Crippen LogP contribution in [0.5, 0.6) is 0 Å². The standard InChI is InChI=1S/C14H21NO2/c1-4-7-11(2)10-17-14(16)12-8-5-6-9-13(12)15-3/h5-6,8-9,11,15H,4,7,10H2,1-3H3. The van der Waals surface area contributed by atoms with E-state index in [9.17, 15) is 4.79 Å². The fourth-order valence-electron chi connectivity index (χ4n) is 1.75. The number of carbonyl (C=O) groups excluding carboxylic acids is 1. The number of carbonyl (C=O) groups is 1. The normalized spacial score (nSPS) is 11.9. The molecule has 1 unspecified atom stereocenters. The first-order valence-corrected chi connectivity index (χ1v) is 6.13. The molecule has 0 heterocycles. The lowest BCUT2D eigenvalue weighted by Gasteiger charge is -2.12. The summed E-state index contributed by atoms with van der Waals surface area (Å²) < 4.78 is 5.31. The van der Waals surface area contributed by atoms with Crippen molar-refractivity contribution in [2.75, 3.05) is 19.0 Å². The summed E-state index contributed by atoms with van der Waals surface area (Å²) in [6.45, 7) is 4.72. The molecule has 1 atom stereocenters. The van der Waals surface area contributed by atoms with E-state index >= 15 is 0 Å². The summed E-state index contributed by atoms with van der Waals surface area (Å²) in [5.74, 6) is 0.170. The van der Waals surface area contributed by atoms with Crippen LogP contribution < -0.4 is 5.32 Å². The van der Waals surface area contributed by atoms with Crippen molar-refractivity contribution in [3.63, 3.8) is 0 Å². The Bertz CT molecular complexity index is 363. The molecule has 0 aromatic heterocycles. The van der Waals surface area contributed by atoms with Crippen molar-refractivity contribution in [3.8, 4) is 0 Å². The van der Waals surface area contributed by atoms with Crippen molar-refractivity contribution in [1.82, 2.24) is 0 Å². The quantitative estimate of drug-likeness (QED) is 0.769. The zero-order chi connectivity index (χ0) is 12.7. The first-order chi connectivity index (χ1) is 8.19. The van der Waals surface area contributed by atoms with Crippen LogP contribution in [0.15, 0.2) is 24.3 Å². The first kappa shape index (κ1) is 13.6. The molecule has 1 N–H and O–H groups in total. The number of para-hydroxylation sites is 1. The van der Waals surface area contributed by atoms with Crippen molar-refractivity contribution in [1.29, 1.82) is 0 Å². The average molecular weight is 235 g/mol. The minimum Gasteiger partial charge on any atom is -0.462 e. The number of esters is 1. The van der Waals surface area contributed by atoms with Gasteiger partial charge in [-0.2, -0.15) is 0 Å². The molecule has 94 valence electrons. The largest absolute Gasteiger partial charge is 0.462 e. The minimum atomic E-state index is -0.252. The molecule has 0 spiro atoms. The molecule has 3 heteroatoms. The van der Waals surface area contributed by atoms with Crippen molar-refractivity contribution >= 4 is 11.7 Å². The lowest BCUT2D eigenvalue weighted by Crippen LogP contribution is -2.13. The fourth-order valence-corrected chi connectivity index (χ4v) is 1.75. The molecule has 0 amide bonds. The summed E-state index contributed by atoms with van der Waals surface area (Å²) in [4.78, 5) is 11.9. The van der Waals surface area contributed by atoms with Crippen LogP contribution in [-0.2, 0) is 4.74 Å². The molecule has 3 nitrogen and oxygen atoms in total. The summed E-state index contributed by atoms with van der Waals surface area (Å²) in [6, 6.07) is 7.37. The number of anilines is 1. The van der Waals surface area contributed by atoms with Crippen LogP contribution in [0.1, 0.15) is 37.0 Å². The molecule has 0 aliphatic carbocycles. The summed E-state index contributed by atoms with van der Waals surface area (Å²) in [6.07, 6.45) is 2.20. The van der Waals surface area contributed by atoms with Crippen LogP contribution in [0.2, 0.25) is 0 Å². The Balaban J connectivity index is 2.58. The Morgan fingerprint density at radius 3 is 2.76 bits per heavy atom. The molecule has 0 radical (unpaired) electrons. The van der Waals surface area contributed by atoms with Crippen molar-refractivity contribution < 1.29 is 9.53 Å². The SMILES string of the molecule is CCCC(C)COC(=O)c1ccccc1NC. The van der Waals surface area contributed by atoms with E-state index < -0.39 is 0 Å². The van der Waals surface area contributed by atoms with Gasteiger partial charge in [0, 0.05) is 12.7 Å². The first-order valence-electron chi connectivity index (χ1n) is 6.13. The maximum atomic E-state index is 11.9. The van der Waals surface area contributed by atoms with Gasteiger partial charge in [0.1, 0.15) is 0 Å². The number of hydrogen-bond acceptors (Lipinski definition) is 3. The highest BCUT2D eigenvalue weighted by atomic mass is 16.5. The van der Waals surface area contributed by atoms with Crippen LogP contribution in [0.3, 0.4) is 0 Å². The summed E-state index contributed by atoms with van der Waals surface area (Å²) in [7, 11) is 1.80. The third-order valence-electron chi connectivity index (χ3n) is 2.70. The average Bonchev–Trinajstić information content (AvgIpc) is 2.36. The van der Waals surface area contributed by atoms with Crippen LogP contribution in [0.4, 0.5) is 5.69 Å². The maximum Gasteiger partial charge on any atom is 0.340 e. The van der Waals surface area contributed by atoms with Gasteiger partial charge in [-0.25, -0.2) is 4.79 Å². The zero-order valence-electron chi connectivity index (χ0n) is 10.8. The molecule has 0 fully saturated rings. The Morgan fingerprint density at radius 1 is 1.41 bits per heavy atom. The third-order valence-corrected chi connectivity index (χ3v) is 2.70. The van der Waals surface area contributed by atoms with E-state index in [1.807, 2.05) is 18.2 Å². The number of nitrogens with one attached hydrogen (secondary N) is 1. The number of hydrogen-bond donors (Lipinski definition) is 1. The van der Waals surface area contributed by atoms with Gasteiger partial charge in [-0.05, 0) is 24.5 Å². The molecule has 0 saturated heterocycles. The molecular formula is C14H21NO2. The van der Waals surface area contributed by atoms with E-state index in [0.29, 0.717) is 18.1 Å². The van der Waals surface area contributed by atoms with Gasteiger partial charge >= 0.3 is 5.97 Å². The van der Waals surface area contributed by atoms with Gasteiger partial charge in [-0.15, -0.1) is 0 Å². The Labute approximate surface area is 103 Å². The van der Waals surface area contributed by atoms with E-state index in [1.54, 1.807) is 13.1 Å². The fraction of sp³-hybridized carbons (Fsp3) is 0.500. The topological polar surface area (TPSA) is 38.3 Å². The highest BCUT2D eigenvalue weighted by Gasteiger charge is 2.12. The summed E-state index contributed by atoms with van der Waals surface area (Å²) in [5, 5.41) is 2.99. The molecular weight excluding hydrogens is 214 g/mol. The lowest BCUT2D eigenvalue weighted by molar-refractivity contribution is 0.0445. The van der Waals surface area contributed by atoms with Gasteiger partial charge in [0.25, 0.3) is 0 Å². The van der Waals surface area contributed by atoms with Crippen LogP contribution in [0, 0.1) is 5.92 Å². The van der Waals surface area contributed by atoms with Crippen molar-refractivity contribution in [2.24, 2.45) is 5.92 Å². The van der Waals surface area contributed by atoms with Gasteiger partial charge in [-0.3, -0.25) is 0 Å². The molecule has 17 heavy (non-hydrogen) atoms. The van der Waals surface area contributed by atoms with E-state index in [2.05, 4.69) is 19.2 Å². The Morgan fingerprint density at radius 2 is 2.12 bits per heavy atom. The Hall–Kier alpha value is -1.51. The van der Waals surface area contributed by atoms with Gasteiger partial charge in [-0.1, -0.05) is 32.4 Å². The van der Waals surface area contributed by atoms with Gasteiger partial charge in [0.15, 0.2) is 0 Å². The predicted molar refractivity (Wildman–Crippen MR) is 70.3 cm³/mol. The molecule has 0 bridgehead atoms. The molecule has 0 aliphatic rings. The number of benzene rings is 1. The van der Waals surface area contributed by atoms with Crippen LogP contribution >= 0.6 is 0 Å². The highest BCUT2D eigenvalue weighted by molar-refractivity contribution is 5.95. The Kier molecular flexibility index (Phi) is 5.53. The highest BCUT2D eigenvalue weighted by Crippen LogP contribution is 2.16. The monoisotopic (exact) mass is 235 g/mol. The molecule has 0 saturated carbocycles. The number of rotatable bonds is 6. The van der Waals surface area contributed by atoms with Crippen LogP contribution in [-0.4, -0.2) is 19.6 Å².